The fourth-order valence-corrected chi connectivity index (χ4v) is 1.88. The smallest absolute Gasteiger partial charge is 0.256 e. The van der Waals surface area contributed by atoms with Gasteiger partial charge in [0.25, 0.3) is 5.91 Å². The number of unbranched alkanes of at least 4 members (excludes halogenated alkanes) is 2. The number of rotatable bonds is 5. The van der Waals surface area contributed by atoms with E-state index in [0.29, 0.717) is 10.6 Å². The number of amides is 1. The van der Waals surface area contributed by atoms with Crippen LogP contribution in [0.1, 0.15) is 42.2 Å². The summed E-state index contributed by atoms with van der Waals surface area (Å²) in [5.74, 6) is -0.0568. The van der Waals surface area contributed by atoms with Crippen molar-refractivity contribution < 1.29 is 4.79 Å². The lowest BCUT2D eigenvalue weighted by Gasteiger charge is -2.17. The zero-order valence-corrected chi connectivity index (χ0v) is 11.4. The van der Waals surface area contributed by atoms with Crippen molar-refractivity contribution >= 4 is 17.5 Å². The minimum atomic E-state index is -0.0568. The fraction of sp³-hybridized carbons (Fsp3) is 0.538. The highest BCUT2D eigenvalue weighted by molar-refractivity contribution is 6.33. The summed E-state index contributed by atoms with van der Waals surface area (Å²) >= 11 is 6.04. The zero-order chi connectivity index (χ0) is 12.8. The van der Waals surface area contributed by atoms with Crippen molar-refractivity contribution in [3.05, 3.63) is 28.5 Å². The van der Waals surface area contributed by atoms with E-state index >= 15 is 0 Å². The van der Waals surface area contributed by atoms with Crippen LogP contribution in [0.2, 0.25) is 5.02 Å². The second-order valence-electron chi connectivity index (χ2n) is 4.24. The highest BCUT2D eigenvalue weighted by Crippen LogP contribution is 2.17. The van der Waals surface area contributed by atoms with Crippen LogP contribution >= 0.6 is 11.6 Å². The molecule has 0 fully saturated rings. The Hall–Kier alpha value is -1.09. The Bertz CT molecular complexity index is 393. The Balaban J connectivity index is 2.68. The third-order valence-corrected chi connectivity index (χ3v) is 2.98. The highest BCUT2D eigenvalue weighted by Gasteiger charge is 2.15. The van der Waals surface area contributed by atoms with Crippen LogP contribution in [-0.4, -0.2) is 29.4 Å². The summed E-state index contributed by atoms with van der Waals surface area (Å²) in [6.45, 7) is 4.75. The number of aryl methyl sites for hydroxylation is 1. The Morgan fingerprint density at radius 2 is 2.18 bits per heavy atom. The molecular weight excluding hydrogens is 236 g/mol. The molecule has 0 saturated carbocycles. The third kappa shape index (κ3) is 4.00. The van der Waals surface area contributed by atoms with Gasteiger partial charge in [-0.3, -0.25) is 9.78 Å². The maximum absolute atomic E-state index is 12.1. The van der Waals surface area contributed by atoms with Crippen molar-refractivity contribution in [3.63, 3.8) is 0 Å². The minimum Gasteiger partial charge on any atom is -0.342 e. The Labute approximate surface area is 108 Å². The summed E-state index contributed by atoms with van der Waals surface area (Å²) in [6, 6.07) is 1.72. The molecule has 1 aromatic heterocycles. The summed E-state index contributed by atoms with van der Waals surface area (Å²) in [5.41, 5.74) is 1.30. The lowest BCUT2D eigenvalue weighted by atomic mass is 10.2. The Morgan fingerprint density at radius 1 is 1.47 bits per heavy atom. The van der Waals surface area contributed by atoms with E-state index in [1.54, 1.807) is 24.2 Å². The van der Waals surface area contributed by atoms with Crippen molar-refractivity contribution in [2.45, 2.75) is 33.1 Å². The lowest BCUT2D eigenvalue weighted by Crippen LogP contribution is -2.28. The molecule has 0 radical (unpaired) electrons. The molecule has 0 unspecified atom stereocenters. The summed E-state index contributed by atoms with van der Waals surface area (Å²) < 4.78 is 0. The number of nitrogens with zero attached hydrogens (tertiary/aromatic N) is 2. The van der Waals surface area contributed by atoms with E-state index < -0.39 is 0 Å². The molecule has 1 heterocycles. The predicted molar refractivity (Wildman–Crippen MR) is 70.5 cm³/mol. The molecule has 1 rings (SSSR count). The molecule has 0 aliphatic carbocycles. The summed E-state index contributed by atoms with van der Waals surface area (Å²) in [5, 5.41) is 0.477. The van der Waals surface area contributed by atoms with E-state index in [9.17, 15) is 4.79 Å². The first-order valence-corrected chi connectivity index (χ1v) is 6.31. The van der Waals surface area contributed by atoms with Gasteiger partial charge >= 0.3 is 0 Å². The maximum Gasteiger partial charge on any atom is 0.256 e. The standard InChI is InChI=1S/C13H19ClN2O/c1-4-5-6-7-16(3)13(17)11-9-15-10(2)8-12(11)14/h8-9H,4-7H2,1-3H3. The van der Waals surface area contributed by atoms with E-state index in [1.165, 1.54) is 0 Å². The molecule has 0 bridgehead atoms. The van der Waals surface area contributed by atoms with Crippen molar-refractivity contribution in [1.82, 2.24) is 9.88 Å². The van der Waals surface area contributed by atoms with Gasteiger partial charge in [-0.2, -0.15) is 0 Å². The van der Waals surface area contributed by atoms with Gasteiger partial charge in [-0.15, -0.1) is 0 Å². The molecule has 0 aromatic carbocycles. The molecule has 0 aliphatic rings. The number of hydrogen-bond donors (Lipinski definition) is 0. The van der Waals surface area contributed by atoms with Crippen LogP contribution in [0.25, 0.3) is 0 Å². The molecule has 0 spiro atoms. The number of pyridine rings is 1. The molecule has 1 amide bonds. The average Bonchev–Trinajstić information content (AvgIpc) is 2.28. The van der Waals surface area contributed by atoms with E-state index in [-0.39, 0.29) is 5.91 Å². The van der Waals surface area contributed by atoms with E-state index in [2.05, 4.69) is 11.9 Å². The molecule has 0 N–H and O–H groups in total. The molecule has 3 nitrogen and oxygen atoms in total. The van der Waals surface area contributed by atoms with E-state index in [1.807, 2.05) is 6.92 Å². The monoisotopic (exact) mass is 254 g/mol. The molecule has 4 heteroatoms. The second-order valence-corrected chi connectivity index (χ2v) is 4.65. The molecule has 17 heavy (non-hydrogen) atoms. The van der Waals surface area contributed by atoms with E-state index in [0.717, 1.165) is 31.5 Å². The average molecular weight is 255 g/mol. The fourth-order valence-electron chi connectivity index (χ4n) is 1.59. The van der Waals surface area contributed by atoms with Crippen LogP contribution in [0, 0.1) is 6.92 Å². The SMILES string of the molecule is CCCCCN(C)C(=O)c1cnc(C)cc1Cl. The summed E-state index contributed by atoms with van der Waals surface area (Å²) in [4.78, 5) is 17.9. The van der Waals surface area contributed by atoms with Crippen LogP contribution in [0.3, 0.4) is 0 Å². The number of aromatic nitrogens is 1. The van der Waals surface area contributed by atoms with Crippen LogP contribution in [-0.2, 0) is 0 Å². The minimum absolute atomic E-state index is 0.0568. The van der Waals surface area contributed by atoms with Crippen LogP contribution in [0.15, 0.2) is 12.3 Å². The second kappa shape index (κ2) is 6.60. The van der Waals surface area contributed by atoms with Crippen LogP contribution < -0.4 is 0 Å². The number of hydrogen-bond acceptors (Lipinski definition) is 2. The van der Waals surface area contributed by atoms with Crippen LogP contribution in [0.5, 0.6) is 0 Å². The molecule has 1 aromatic rings. The van der Waals surface area contributed by atoms with Gasteiger partial charge in [0.05, 0.1) is 10.6 Å². The van der Waals surface area contributed by atoms with Gasteiger partial charge < -0.3 is 4.90 Å². The quantitative estimate of drug-likeness (QED) is 0.756. The van der Waals surface area contributed by atoms with Crippen molar-refractivity contribution in [3.8, 4) is 0 Å². The van der Waals surface area contributed by atoms with E-state index in [4.69, 9.17) is 11.6 Å². The van der Waals surface area contributed by atoms with Crippen molar-refractivity contribution in [2.75, 3.05) is 13.6 Å². The summed E-state index contributed by atoms with van der Waals surface area (Å²) in [6.07, 6.45) is 4.86. The maximum atomic E-state index is 12.1. The molecule has 0 atom stereocenters. The molecule has 0 saturated heterocycles. The predicted octanol–water partition coefficient (Wildman–Crippen LogP) is 3.31. The highest BCUT2D eigenvalue weighted by atomic mass is 35.5. The van der Waals surface area contributed by atoms with Gasteiger partial charge in [0.15, 0.2) is 0 Å². The normalized spacial score (nSPS) is 10.4. The first-order valence-electron chi connectivity index (χ1n) is 5.94. The molecule has 0 aliphatic heterocycles. The number of carbonyl (C=O) groups excluding carboxylic acids is 1. The first-order chi connectivity index (χ1) is 8.06. The zero-order valence-electron chi connectivity index (χ0n) is 10.7. The topological polar surface area (TPSA) is 33.2 Å². The van der Waals surface area contributed by atoms with Crippen LogP contribution in [0.4, 0.5) is 0 Å². The number of halogens is 1. The largest absolute Gasteiger partial charge is 0.342 e. The molecular formula is C13H19ClN2O. The summed E-state index contributed by atoms with van der Waals surface area (Å²) in [7, 11) is 1.80. The first kappa shape index (κ1) is 14.0. The Kier molecular flexibility index (Phi) is 5.42. The van der Waals surface area contributed by atoms with Crippen molar-refractivity contribution in [1.29, 1.82) is 0 Å². The lowest BCUT2D eigenvalue weighted by molar-refractivity contribution is 0.0792. The Morgan fingerprint density at radius 3 is 2.76 bits per heavy atom. The van der Waals surface area contributed by atoms with Gasteiger partial charge in [0.1, 0.15) is 0 Å². The van der Waals surface area contributed by atoms with Gasteiger partial charge in [-0.05, 0) is 19.4 Å². The van der Waals surface area contributed by atoms with Gasteiger partial charge in [-0.25, -0.2) is 0 Å². The molecule has 94 valence electrons. The van der Waals surface area contributed by atoms with Gasteiger partial charge in [0.2, 0.25) is 0 Å². The van der Waals surface area contributed by atoms with Gasteiger partial charge in [0, 0.05) is 25.5 Å². The van der Waals surface area contributed by atoms with Crippen molar-refractivity contribution in [2.24, 2.45) is 0 Å². The third-order valence-electron chi connectivity index (χ3n) is 2.66. The number of carbonyl (C=O) groups is 1. The van der Waals surface area contributed by atoms with Gasteiger partial charge in [-0.1, -0.05) is 31.4 Å².